The highest BCUT2D eigenvalue weighted by Crippen LogP contribution is 2.43. The molecule has 0 radical (unpaired) electrons. The lowest BCUT2D eigenvalue weighted by molar-refractivity contribution is -0.161. The summed E-state index contributed by atoms with van der Waals surface area (Å²) in [5.41, 5.74) is 0. The molecule has 0 saturated carbocycles. The lowest BCUT2D eigenvalue weighted by atomic mass is 10.1. The van der Waals surface area contributed by atoms with Crippen LogP contribution < -0.4 is 0 Å². The quantitative estimate of drug-likeness (QED) is 0.0127. The van der Waals surface area contributed by atoms with Crippen molar-refractivity contribution in [3.63, 3.8) is 0 Å². The summed E-state index contributed by atoms with van der Waals surface area (Å²) < 4.78 is 47.6. The Balaban J connectivity index is 4.70. The monoisotopic (exact) mass is 890 g/mol. The van der Waals surface area contributed by atoms with E-state index in [4.69, 9.17) is 23.8 Å². The number of carbonyl (C=O) groups excluding carboxylic acids is 2. The largest absolute Gasteiger partial charge is 0.472 e. The van der Waals surface area contributed by atoms with Crippen LogP contribution in [0.2, 0.25) is 0 Å². The number of aliphatic hydroxyl groups excluding tert-OH is 2. The molecule has 16 heteroatoms. The molecule has 14 nitrogen and oxygen atoms in total. The standard InChI is InChI=1S/C44H76O14P2/c1-3-5-7-8-9-10-11-12-13-14-17-20-23-26-30-34-43(47)54-38-42(39-57-60(52,53)56-37-41(46)36-55-59(49,50)51)58-44(48)35-31-27-24-21-18-15-16-19-22-25-29-33-40(45)32-28-6-4-2/h10-13,15-16,21-22,24-25,29,33,40-42,45-46H,3-9,14,17-20,23,26-28,30-32,34-39H2,1-2H3,(H,52,53)(H2,49,50,51)/b11-10-,13-12-,16-15-,24-21-,25-22-,33-29+/t40-,41-,42+/m0/s1. The summed E-state index contributed by atoms with van der Waals surface area (Å²) in [6.45, 7) is 1.51. The maximum Gasteiger partial charge on any atom is 0.472 e. The second kappa shape index (κ2) is 39.4. The summed E-state index contributed by atoms with van der Waals surface area (Å²) in [7, 11) is -9.72. The van der Waals surface area contributed by atoms with Crippen molar-refractivity contribution in [2.45, 2.75) is 167 Å². The molecule has 0 saturated heterocycles. The lowest BCUT2D eigenvalue weighted by Gasteiger charge is -2.20. The Hall–Kier alpha value is -2.48. The second-order valence-corrected chi connectivity index (χ2v) is 17.2. The third kappa shape index (κ3) is 42.2. The second-order valence-electron chi connectivity index (χ2n) is 14.5. The van der Waals surface area contributed by atoms with Crippen molar-refractivity contribution in [2.24, 2.45) is 0 Å². The fourth-order valence-electron chi connectivity index (χ4n) is 5.32. The Morgan fingerprint density at radius 2 is 1.08 bits per heavy atom. The number of ether oxygens (including phenoxy) is 2. The van der Waals surface area contributed by atoms with E-state index in [-0.39, 0.29) is 12.8 Å². The molecule has 1 unspecified atom stereocenters. The molecule has 60 heavy (non-hydrogen) atoms. The van der Waals surface area contributed by atoms with Crippen LogP contribution in [0, 0.1) is 0 Å². The highest BCUT2D eigenvalue weighted by Gasteiger charge is 2.28. The summed E-state index contributed by atoms with van der Waals surface area (Å²) >= 11 is 0. The van der Waals surface area contributed by atoms with E-state index >= 15 is 0 Å². The third-order valence-electron chi connectivity index (χ3n) is 8.69. The summed E-state index contributed by atoms with van der Waals surface area (Å²) in [4.78, 5) is 52.6. The fraction of sp³-hybridized carbons (Fsp3) is 0.682. The molecule has 0 aromatic carbocycles. The number of carbonyl (C=O) groups is 2. The summed E-state index contributed by atoms with van der Waals surface area (Å²) in [6, 6.07) is 0. The van der Waals surface area contributed by atoms with Crippen LogP contribution in [0.25, 0.3) is 0 Å². The Bertz CT molecular complexity index is 1350. The first-order valence-electron chi connectivity index (χ1n) is 21.8. The molecule has 5 N–H and O–H groups in total. The zero-order valence-electron chi connectivity index (χ0n) is 36.1. The number of aliphatic hydroxyl groups is 2. The van der Waals surface area contributed by atoms with Crippen LogP contribution in [0.5, 0.6) is 0 Å². The van der Waals surface area contributed by atoms with Gasteiger partial charge in [-0.3, -0.25) is 23.2 Å². The molecule has 0 aliphatic rings. The van der Waals surface area contributed by atoms with Gasteiger partial charge in [0.1, 0.15) is 12.7 Å². The van der Waals surface area contributed by atoms with Crippen molar-refractivity contribution in [1.29, 1.82) is 0 Å². The van der Waals surface area contributed by atoms with Gasteiger partial charge in [0, 0.05) is 12.8 Å². The minimum atomic E-state index is -4.88. The van der Waals surface area contributed by atoms with Crippen LogP contribution in [-0.4, -0.2) is 81.6 Å². The molecule has 0 heterocycles. The van der Waals surface area contributed by atoms with E-state index in [1.54, 1.807) is 6.08 Å². The number of unbranched alkanes of at least 4 members (excludes halogenated alkanes) is 12. The van der Waals surface area contributed by atoms with E-state index in [1.807, 2.05) is 42.5 Å². The molecule has 0 aliphatic heterocycles. The number of hydrogen-bond donors (Lipinski definition) is 5. The molecular formula is C44H76O14P2. The molecule has 0 aromatic heterocycles. The van der Waals surface area contributed by atoms with Crippen molar-refractivity contribution < 1.29 is 66.7 Å². The minimum Gasteiger partial charge on any atom is -0.462 e. The molecule has 0 fully saturated rings. The van der Waals surface area contributed by atoms with Crippen LogP contribution >= 0.6 is 15.6 Å². The zero-order chi connectivity index (χ0) is 44.6. The average molecular weight is 891 g/mol. The number of rotatable bonds is 40. The van der Waals surface area contributed by atoms with E-state index in [0.717, 1.165) is 77.0 Å². The summed E-state index contributed by atoms with van der Waals surface area (Å²) in [5, 5.41) is 19.6. The topological polar surface area (TPSA) is 216 Å². The van der Waals surface area contributed by atoms with Crippen LogP contribution in [0.1, 0.15) is 149 Å². The molecule has 0 spiro atoms. The SMILES string of the molecule is CCCCCC/C=C\C=C/CCCCCCCC(=O)OC[C@H](COP(=O)(O)OC[C@@H](O)COP(=O)(O)O)OC(=O)CCC/C=C\C/C=C\C/C=C\C=C\[C@@H](O)CCCCC. The minimum absolute atomic E-state index is 0.0287. The van der Waals surface area contributed by atoms with Gasteiger partial charge >= 0.3 is 27.6 Å². The van der Waals surface area contributed by atoms with Gasteiger partial charge in [-0.1, -0.05) is 145 Å². The molecule has 0 bridgehead atoms. The number of phosphoric acid groups is 2. The zero-order valence-corrected chi connectivity index (χ0v) is 37.9. The highest BCUT2D eigenvalue weighted by molar-refractivity contribution is 7.47. The lowest BCUT2D eigenvalue weighted by Crippen LogP contribution is -2.29. The predicted molar refractivity (Wildman–Crippen MR) is 236 cm³/mol. The van der Waals surface area contributed by atoms with E-state index in [0.29, 0.717) is 19.3 Å². The van der Waals surface area contributed by atoms with Crippen molar-refractivity contribution in [3.8, 4) is 0 Å². The van der Waals surface area contributed by atoms with Gasteiger partial charge in [-0.05, 0) is 64.2 Å². The van der Waals surface area contributed by atoms with Crippen LogP contribution in [0.15, 0.2) is 72.9 Å². The molecule has 0 aliphatic carbocycles. The van der Waals surface area contributed by atoms with Crippen molar-refractivity contribution in [1.82, 2.24) is 0 Å². The van der Waals surface area contributed by atoms with Crippen molar-refractivity contribution >= 4 is 27.6 Å². The van der Waals surface area contributed by atoms with Crippen LogP contribution in [-0.2, 0) is 41.8 Å². The van der Waals surface area contributed by atoms with Gasteiger partial charge in [0.15, 0.2) is 6.10 Å². The number of hydrogen-bond acceptors (Lipinski definition) is 11. The number of allylic oxidation sites excluding steroid dienone is 11. The van der Waals surface area contributed by atoms with E-state index in [1.165, 1.54) is 25.7 Å². The van der Waals surface area contributed by atoms with E-state index < -0.39 is 72.3 Å². The molecular weight excluding hydrogens is 814 g/mol. The maximum absolute atomic E-state index is 12.6. The van der Waals surface area contributed by atoms with E-state index in [9.17, 15) is 33.8 Å². The third-order valence-corrected chi connectivity index (χ3v) is 10.1. The molecule has 0 aromatic rings. The van der Waals surface area contributed by atoms with Crippen LogP contribution in [0.3, 0.4) is 0 Å². The summed E-state index contributed by atoms with van der Waals surface area (Å²) in [5.74, 6) is -1.15. The van der Waals surface area contributed by atoms with Gasteiger partial charge in [0.05, 0.1) is 25.9 Å². The Morgan fingerprint density at radius 1 is 0.550 bits per heavy atom. The maximum atomic E-state index is 12.6. The molecule has 0 rings (SSSR count). The number of esters is 2. The van der Waals surface area contributed by atoms with Crippen molar-refractivity contribution in [3.05, 3.63) is 72.9 Å². The number of phosphoric ester groups is 2. The Kier molecular flexibility index (Phi) is 37.7. The first-order valence-corrected chi connectivity index (χ1v) is 24.8. The van der Waals surface area contributed by atoms with E-state index in [2.05, 4.69) is 47.2 Å². The highest BCUT2D eigenvalue weighted by atomic mass is 31.2. The van der Waals surface area contributed by atoms with Crippen LogP contribution in [0.4, 0.5) is 0 Å². The molecule has 4 atom stereocenters. The Labute approximate surface area is 359 Å². The van der Waals surface area contributed by atoms with Gasteiger partial charge in [-0.15, -0.1) is 0 Å². The normalized spacial score (nSPS) is 15.2. The first-order chi connectivity index (χ1) is 28.8. The molecule has 0 amide bonds. The first kappa shape index (κ1) is 57.5. The smallest absolute Gasteiger partial charge is 0.462 e. The fourth-order valence-corrected chi connectivity index (χ4v) is 6.48. The van der Waals surface area contributed by atoms with Crippen molar-refractivity contribution in [2.75, 3.05) is 26.4 Å². The van der Waals surface area contributed by atoms with Gasteiger partial charge in [0.2, 0.25) is 0 Å². The Morgan fingerprint density at radius 3 is 1.77 bits per heavy atom. The average Bonchev–Trinajstić information content (AvgIpc) is 3.20. The summed E-state index contributed by atoms with van der Waals surface area (Å²) in [6.07, 6.45) is 39.4. The van der Waals surface area contributed by atoms with Gasteiger partial charge in [0.25, 0.3) is 0 Å². The van der Waals surface area contributed by atoms with Gasteiger partial charge < -0.3 is 34.4 Å². The predicted octanol–water partition coefficient (Wildman–Crippen LogP) is 9.98. The van der Waals surface area contributed by atoms with Gasteiger partial charge in [-0.25, -0.2) is 9.13 Å². The van der Waals surface area contributed by atoms with Gasteiger partial charge in [-0.2, -0.15) is 0 Å². The molecule has 346 valence electrons.